The van der Waals surface area contributed by atoms with Crippen molar-refractivity contribution in [2.24, 2.45) is 26.8 Å². The smallest absolute Gasteiger partial charge is 0.351 e. The number of nitrogens with one attached hydrogen (secondary N) is 1. The number of rotatable bonds is 6. The van der Waals surface area contributed by atoms with Crippen molar-refractivity contribution in [1.82, 2.24) is 5.32 Å². The van der Waals surface area contributed by atoms with Gasteiger partial charge in [0.25, 0.3) is 5.60 Å². The van der Waals surface area contributed by atoms with Crippen LogP contribution >= 0.6 is 0 Å². The molecule has 1 saturated heterocycles. The Labute approximate surface area is 265 Å². The molecule has 5 aliphatic heterocycles. The number of carbonyl (C=O) groups is 3. The van der Waals surface area contributed by atoms with E-state index in [-0.39, 0.29) is 35.6 Å². The standard InChI is InChI=1S/C35H34N4O7/c1-7-18-15(3)22-11-23-16(4)20(9-10-28(41)42)31(38-23)30-32-29(33(43)35(30,45)34(44)46-6)17(5)24(39-32)12-26-19(8-2)21(14-40)27(37-26)13-25(18)36-22/h7,11-14,16,20,38,40,45H,1,8-10H2,2-6H3,(H,41,42)/b21-14-,23-11?,24-12?,25-13?,31-30?/t16-,20+,35+/m0/s1. The summed E-state index contributed by atoms with van der Waals surface area (Å²) in [6.45, 7) is 11.4. The number of carboxylic acid groups (broad SMARTS) is 1. The molecule has 0 aromatic heterocycles. The Morgan fingerprint density at radius 3 is 2.48 bits per heavy atom. The Kier molecular flexibility index (Phi) is 7.39. The molecule has 3 atom stereocenters. The van der Waals surface area contributed by atoms with Gasteiger partial charge >= 0.3 is 11.9 Å². The zero-order valence-corrected chi connectivity index (χ0v) is 26.2. The summed E-state index contributed by atoms with van der Waals surface area (Å²) in [5, 5.41) is 35.2. The number of carboxylic acids is 1. The van der Waals surface area contributed by atoms with E-state index in [4.69, 9.17) is 19.7 Å². The van der Waals surface area contributed by atoms with E-state index in [1.165, 1.54) is 0 Å². The summed E-state index contributed by atoms with van der Waals surface area (Å²) < 4.78 is 4.97. The number of nitrogens with zero attached hydrogens (tertiary/aromatic N) is 3. The van der Waals surface area contributed by atoms with Gasteiger partial charge in [-0.1, -0.05) is 26.5 Å². The summed E-state index contributed by atoms with van der Waals surface area (Å²) in [5.74, 6) is -3.89. The number of esters is 1. The maximum Gasteiger partial charge on any atom is 0.351 e. The molecule has 8 bridgehead atoms. The Hall–Kier alpha value is -5.16. The third kappa shape index (κ3) is 4.29. The summed E-state index contributed by atoms with van der Waals surface area (Å²) in [5.41, 5.74) is 4.40. The van der Waals surface area contributed by atoms with E-state index in [0.29, 0.717) is 57.5 Å². The number of aliphatic imine (C=N–C) groups is 3. The van der Waals surface area contributed by atoms with Crippen LogP contribution < -0.4 is 5.32 Å². The first-order valence-corrected chi connectivity index (χ1v) is 15.0. The summed E-state index contributed by atoms with van der Waals surface area (Å²) in [7, 11) is 1.09. The number of fused-ring (bicyclic) bond motifs is 5. The summed E-state index contributed by atoms with van der Waals surface area (Å²) in [6, 6.07) is 0. The first-order chi connectivity index (χ1) is 21.9. The van der Waals surface area contributed by atoms with Crippen molar-refractivity contribution in [1.29, 1.82) is 0 Å². The van der Waals surface area contributed by atoms with Crippen molar-refractivity contribution in [2.75, 3.05) is 7.11 Å². The minimum Gasteiger partial charge on any atom is -0.515 e. The van der Waals surface area contributed by atoms with Gasteiger partial charge in [-0.3, -0.25) is 9.59 Å². The minimum absolute atomic E-state index is 0.0518. The lowest BCUT2D eigenvalue weighted by molar-refractivity contribution is -0.161. The van der Waals surface area contributed by atoms with E-state index in [1.54, 1.807) is 25.2 Å². The second kappa shape index (κ2) is 11.0. The normalized spacial score (nSPS) is 27.5. The molecule has 2 fully saturated rings. The van der Waals surface area contributed by atoms with Crippen LogP contribution in [0.3, 0.4) is 0 Å². The third-order valence-electron chi connectivity index (χ3n) is 9.53. The van der Waals surface area contributed by atoms with Crippen molar-refractivity contribution in [3.8, 4) is 0 Å². The molecule has 1 saturated carbocycles. The Bertz CT molecular complexity index is 1920. The molecule has 1 aliphatic carbocycles. The fourth-order valence-corrected chi connectivity index (χ4v) is 7.03. The zero-order chi connectivity index (χ0) is 33.2. The van der Waals surface area contributed by atoms with Crippen LogP contribution in [0.1, 0.15) is 47.0 Å². The number of ketones is 1. The lowest BCUT2D eigenvalue weighted by Gasteiger charge is -2.24. The quantitative estimate of drug-likeness (QED) is 0.192. The lowest BCUT2D eigenvalue weighted by atomic mass is 9.83. The molecule has 46 heavy (non-hydrogen) atoms. The van der Waals surface area contributed by atoms with Gasteiger partial charge in [-0.2, -0.15) is 0 Å². The second-order valence-corrected chi connectivity index (χ2v) is 11.9. The van der Waals surface area contributed by atoms with Gasteiger partial charge in [0.05, 0.1) is 53.2 Å². The van der Waals surface area contributed by atoms with Crippen molar-refractivity contribution in [3.63, 3.8) is 0 Å². The highest BCUT2D eigenvalue weighted by Crippen LogP contribution is 2.49. The van der Waals surface area contributed by atoms with Crippen LogP contribution in [-0.4, -0.2) is 62.9 Å². The van der Waals surface area contributed by atoms with Crippen LogP contribution in [0.15, 0.2) is 120 Å². The second-order valence-electron chi connectivity index (χ2n) is 11.9. The van der Waals surface area contributed by atoms with Crippen LogP contribution in [0, 0.1) is 11.8 Å². The number of carbonyl (C=O) groups excluding carboxylic acids is 2. The average molecular weight is 623 g/mol. The number of aliphatic hydroxyl groups is 2. The van der Waals surface area contributed by atoms with Crippen molar-refractivity contribution < 1.29 is 34.4 Å². The Morgan fingerprint density at radius 1 is 1.11 bits per heavy atom. The summed E-state index contributed by atoms with van der Waals surface area (Å²) in [6.07, 6.45) is 8.58. The van der Waals surface area contributed by atoms with E-state index in [1.807, 2.05) is 26.8 Å². The Morgan fingerprint density at radius 2 is 1.85 bits per heavy atom. The molecule has 0 amide bonds. The largest absolute Gasteiger partial charge is 0.515 e. The number of methoxy groups -OCH3 is 1. The van der Waals surface area contributed by atoms with Crippen LogP contribution in [0.2, 0.25) is 0 Å². The highest BCUT2D eigenvalue weighted by atomic mass is 16.5. The molecule has 0 unspecified atom stereocenters. The molecular weight excluding hydrogens is 588 g/mol. The van der Waals surface area contributed by atoms with Gasteiger partial charge in [0.15, 0.2) is 0 Å². The van der Waals surface area contributed by atoms with Crippen molar-refractivity contribution >= 4 is 34.9 Å². The van der Waals surface area contributed by atoms with Gasteiger partial charge < -0.3 is 25.4 Å². The SMILES string of the molecule is C=CC1=C(C)C2=NC1=CC1=NC(=C(CC)/C1=C/O)C=C1N=C3C(=C1C)C(=O)[C@@](O)(C(=O)OC)C3=C1NC(=C2)[C@@H](C)[C@H]1CCC(=O)O. The molecule has 0 spiro atoms. The van der Waals surface area contributed by atoms with Crippen LogP contribution in [0.4, 0.5) is 0 Å². The third-order valence-corrected chi connectivity index (χ3v) is 9.53. The number of allylic oxidation sites excluding steroid dienone is 10. The van der Waals surface area contributed by atoms with Gasteiger partial charge in [-0.15, -0.1) is 0 Å². The fourth-order valence-electron chi connectivity index (χ4n) is 7.03. The van der Waals surface area contributed by atoms with Crippen molar-refractivity contribution in [3.05, 3.63) is 105 Å². The highest BCUT2D eigenvalue weighted by molar-refractivity contribution is 6.46. The molecule has 0 aromatic carbocycles. The predicted octanol–water partition coefficient (Wildman–Crippen LogP) is 4.40. The minimum atomic E-state index is -2.70. The fraction of sp³-hybridized carbons (Fsp3) is 0.314. The molecule has 6 rings (SSSR count). The number of aliphatic carboxylic acids is 1. The number of ether oxygens (including phenoxy) is 1. The van der Waals surface area contributed by atoms with Crippen LogP contribution in [0.5, 0.6) is 0 Å². The highest BCUT2D eigenvalue weighted by Gasteiger charge is 2.62. The summed E-state index contributed by atoms with van der Waals surface area (Å²) in [4.78, 5) is 53.6. The molecule has 6 aliphatic rings. The van der Waals surface area contributed by atoms with E-state index < -0.39 is 29.2 Å². The van der Waals surface area contributed by atoms with Gasteiger partial charge in [0.1, 0.15) is 0 Å². The van der Waals surface area contributed by atoms with Crippen LogP contribution in [0.25, 0.3) is 0 Å². The molecule has 5 heterocycles. The molecule has 236 valence electrons. The molecule has 0 radical (unpaired) electrons. The average Bonchev–Trinajstić information content (AvgIpc) is 3.76. The molecule has 11 nitrogen and oxygen atoms in total. The first-order valence-electron chi connectivity index (χ1n) is 15.0. The lowest BCUT2D eigenvalue weighted by Crippen LogP contribution is -2.47. The predicted molar refractivity (Wildman–Crippen MR) is 172 cm³/mol. The van der Waals surface area contributed by atoms with Gasteiger partial charge in [0.2, 0.25) is 5.78 Å². The van der Waals surface area contributed by atoms with Gasteiger partial charge in [-0.25, -0.2) is 19.8 Å². The van der Waals surface area contributed by atoms with Gasteiger partial charge in [0, 0.05) is 46.4 Å². The number of hydrogen-bond donors (Lipinski definition) is 4. The van der Waals surface area contributed by atoms with Crippen molar-refractivity contribution in [2.45, 2.75) is 52.6 Å². The topological polar surface area (TPSA) is 170 Å². The van der Waals surface area contributed by atoms with E-state index in [0.717, 1.165) is 30.1 Å². The number of Topliss-reactive ketones (excluding diaryl/α,β-unsaturated/α-hetero) is 1. The molecule has 0 aromatic rings. The number of hydrogen-bond acceptors (Lipinski definition) is 10. The van der Waals surface area contributed by atoms with Gasteiger partial charge in [-0.05, 0) is 61.6 Å². The monoisotopic (exact) mass is 622 g/mol. The van der Waals surface area contributed by atoms with Crippen LogP contribution in [-0.2, 0) is 19.1 Å². The molecular formula is C35H34N4O7. The number of aliphatic hydroxyl groups excluding tert-OH is 1. The summed E-state index contributed by atoms with van der Waals surface area (Å²) >= 11 is 0. The zero-order valence-electron chi connectivity index (χ0n) is 26.2. The van der Waals surface area contributed by atoms with E-state index in [2.05, 4.69) is 11.9 Å². The molecule has 4 N–H and O–H groups in total. The van der Waals surface area contributed by atoms with E-state index >= 15 is 0 Å². The Balaban J connectivity index is 1.72. The first kappa shape index (κ1) is 30.8. The van der Waals surface area contributed by atoms with E-state index in [9.17, 15) is 29.7 Å². The molecule has 11 heteroatoms. The maximum absolute atomic E-state index is 14.1. The maximum atomic E-state index is 14.1.